The molecule has 0 aliphatic rings. The highest BCUT2D eigenvalue weighted by Crippen LogP contribution is 2.35. The summed E-state index contributed by atoms with van der Waals surface area (Å²) in [5, 5.41) is 0. The topological polar surface area (TPSA) is 94.7 Å². The van der Waals surface area contributed by atoms with Crippen LogP contribution in [0.5, 0.6) is 11.5 Å². The van der Waals surface area contributed by atoms with Crippen molar-refractivity contribution in [1.82, 2.24) is 14.0 Å². The number of aryl methyl sites for hydroxylation is 1. The fourth-order valence-electron chi connectivity index (χ4n) is 3.06. The number of ether oxygens (including phenoxy) is 1. The van der Waals surface area contributed by atoms with Crippen LogP contribution >= 0.6 is 0 Å². The summed E-state index contributed by atoms with van der Waals surface area (Å²) in [6, 6.07) is 10.3. The molecular formula is C20H17FN4O4S. The van der Waals surface area contributed by atoms with Crippen molar-refractivity contribution in [3.8, 4) is 22.8 Å². The van der Waals surface area contributed by atoms with Crippen molar-refractivity contribution < 1.29 is 17.5 Å². The van der Waals surface area contributed by atoms with Gasteiger partial charge in [-0.25, -0.2) is 17.8 Å². The Kier molecular flexibility index (Phi) is 4.78. The van der Waals surface area contributed by atoms with Gasteiger partial charge in [-0.2, -0.15) is 0 Å². The van der Waals surface area contributed by atoms with E-state index < -0.39 is 15.8 Å². The second-order valence-electron chi connectivity index (χ2n) is 6.72. The van der Waals surface area contributed by atoms with Crippen LogP contribution in [0.3, 0.4) is 0 Å². The predicted octanol–water partition coefficient (Wildman–Crippen LogP) is 3.00. The standard InChI is InChI=1S/C20H17FN4O4S/c1-24-11-18(25-12-22-10-17(25)20(24)26)16-9-14(23-30(2,27)28)5-8-19(16)29-15-6-3-13(21)4-7-15/h3-12,23H,1-2H3. The van der Waals surface area contributed by atoms with Gasteiger partial charge in [0.2, 0.25) is 10.0 Å². The molecule has 0 saturated heterocycles. The van der Waals surface area contributed by atoms with Gasteiger partial charge < -0.3 is 9.30 Å². The molecule has 0 fully saturated rings. The Morgan fingerprint density at radius 3 is 2.57 bits per heavy atom. The number of halogens is 1. The minimum atomic E-state index is -3.51. The molecule has 2 heterocycles. The molecule has 0 unspecified atom stereocenters. The van der Waals surface area contributed by atoms with Crippen molar-refractivity contribution in [3.63, 3.8) is 0 Å². The lowest BCUT2D eigenvalue weighted by molar-refractivity contribution is 0.482. The van der Waals surface area contributed by atoms with Crippen LogP contribution in [0, 0.1) is 5.82 Å². The molecule has 8 nitrogen and oxygen atoms in total. The van der Waals surface area contributed by atoms with Crippen molar-refractivity contribution in [1.29, 1.82) is 0 Å². The Bertz CT molecular complexity index is 1410. The largest absolute Gasteiger partial charge is 0.457 e. The van der Waals surface area contributed by atoms with Gasteiger partial charge in [-0.05, 0) is 42.5 Å². The maximum atomic E-state index is 13.2. The number of anilines is 1. The minimum Gasteiger partial charge on any atom is -0.457 e. The highest BCUT2D eigenvalue weighted by atomic mass is 32.2. The van der Waals surface area contributed by atoms with Crippen molar-refractivity contribution in [2.45, 2.75) is 0 Å². The zero-order chi connectivity index (χ0) is 21.5. The van der Waals surface area contributed by atoms with Crippen LogP contribution in [0.1, 0.15) is 0 Å². The number of benzene rings is 2. The minimum absolute atomic E-state index is 0.234. The number of aromatic nitrogens is 3. The van der Waals surface area contributed by atoms with E-state index in [4.69, 9.17) is 4.74 Å². The first kappa shape index (κ1) is 19.6. The summed E-state index contributed by atoms with van der Waals surface area (Å²) in [6.45, 7) is 0. The molecule has 0 aliphatic carbocycles. The quantitative estimate of drug-likeness (QED) is 0.527. The maximum Gasteiger partial charge on any atom is 0.276 e. The fraction of sp³-hybridized carbons (Fsp3) is 0.100. The monoisotopic (exact) mass is 428 g/mol. The van der Waals surface area contributed by atoms with Crippen molar-refractivity contribution in [3.05, 3.63) is 77.4 Å². The van der Waals surface area contributed by atoms with E-state index in [9.17, 15) is 17.6 Å². The van der Waals surface area contributed by atoms with Gasteiger partial charge in [0, 0.05) is 24.5 Å². The molecule has 0 spiro atoms. The summed E-state index contributed by atoms with van der Waals surface area (Å²) in [5.74, 6) is 0.385. The number of hydrogen-bond acceptors (Lipinski definition) is 5. The summed E-state index contributed by atoms with van der Waals surface area (Å²) in [7, 11) is -1.90. The molecule has 0 amide bonds. The van der Waals surface area contributed by atoms with Gasteiger partial charge in [-0.1, -0.05) is 0 Å². The van der Waals surface area contributed by atoms with E-state index in [1.165, 1.54) is 41.4 Å². The molecule has 4 aromatic rings. The normalized spacial score (nSPS) is 11.6. The summed E-state index contributed by atoms with van der Waals surface area (Å²) in [4.78, 5) is 16.4. The SMILES string of the molecule is Cn1cc(-c2cc(NS(C)(=O)=O)ccc2Oc2ccc(F)cc2)n2cncc2c1=O. The van der Waals surface area contributed by atoms with Gasteiger partial charge in [-0.15, -0.1) is 0 Å². The van der Waals surface area contributed by atoms with Crippen LogP contribution < -0.4 is 15.0 Å². The van der Waals surface area contributed by atoms with E-state index in [1.807, 2.05) is 0 Å². The third-order valence-electron chi connectivity index (χ3n) is 4.35. The van der Waals surface area contributed by atoms with Gasteiger partial charge in [0.15, 0.2) is 0 Å². The van der Waals surface area contributed by atoms with Crippen LogP contribution in [0.2, 0.25) is 0 Å². The smallest absolute Gasteiger partial charge is 0.276 e. The molecule has 10 heteroatoms. The summed E-state index contributed by atoms with van der Waals surface area (Å²) < 4.78 is 48.0. The van der Waals surface area contributed by atoms with Gasteiger partial charge in [0.25, 0.3) is 5.56 Å². The van der Waals surface area contributed by atoms with Gasteiger partial charge in [0.05, 0.1) is 24.5 Å². The molecule has 0 saturated carbocycles. The predicted molar refractivity (Wildman–Crippen MR) is 111 cm³/mol. The van der Waals surface area contributed by atoms with Gasteiger partial charge in [0.1, 0.15) is 22.8 Å². The van der Waals surface area contributed by atoms with Crippen LogP contribution in [-0.4, -0.2) is 28.6 Å². The molecule has 2 aromatic heterocycles. The number of nitrogens with one attached hydrogen (secondary N) is 1. The van der Waals surface area contributed by atoms with Crippen LogP contribution in [0.25, 0.3) is 16.8 Å². The average Bonchev–Trinajstić information content (AvgIpc) is 3.17. The molecule has 0 bridgehead atoms. The first-order chi connectivity index (χ1) is 14.2. The second-order valence-corrected chi connectivity index (χ2v) is 8.47. The van der Waals surface area contributed by atoms with Crippen LogP contribution in [0.4, 0.5) is 10.1 Å². The number of nitrogens with zero attached hydrogens (tertiary/aromatic N) is 3. The lowest BCUT2D eigenvalue weighted by Crippen LogP contribution is -2.19. The first-order valence-corrected chi connectivity index (χ1v) is 10.7. The molecular weight excluding hydrogens is 411 g/mol. The second kappa shape index (κ2) is 7.30. The lowest BCUT2D eigenvalue weighted by atomic mass is 10.1. The number of imidazole rings is 1. The average molecular weight is 428 g/mol. The first-order valence-electron chi connectivity index (χ1n) is 8.78. The number of sulfonamides is 1. The summed E-state index contributed by atoms with van der Waals surface area (Å²) in [5.41, 5.74) is 1.50. The molecule has 4 rings (SSSR count). The number of fused-ring (bicyclic) bond motifs is 1. The summed E-state index contributed by atoms with van der Waals surface area (Å²) >= 11 is 0. The number of hydrogen-bond donors (Lipinski definition) is 1. The maximum absolute atomic E-state index is 13.2. The van der Waals surface area contributed by atoms with Crippen LogP contribution in [0.15, 0.2) is 66.0 Å². The third kappa shape index (κ3) is 3.90. The molecule has 0 aliphatic heterocycles. The van der Waals surface area contributed by atoms with Crippen molar-refractivity contribution in [2.75, 3.05) is 11.0 Å². The van der Waals surface area contributed by atoms with E-state index in [-0.39, 0.29) is 5.56 Å². The Morgan fingerprint density at radius 1 is 1.13 bits per heavy atom. The van der Waals surface area contributed by atoms with Crippen molar-refractivity contribution in [2.24, 2.45) is 7.05 Å². The number of rotatable bonds is 5. The molecule has 1 N–H and O–H groups in total. The van der Waals surface area contributed by atoms with Crippen molar-refractivity contribution >= 4 is 21.2 Å². The highest BCUT2D eigenvalue weighted by Gasteiger charge is 2.16. The Balaban J connectivity index is 1.92. The van der Waals surface area contributed by atoms with E-state index in [1.54, 1.807) is 35.8 Å². The molecule has 154 valence electrons. The van der Waals surface area contributed by atoms with E-state index in [2.05, 4.69) is 9.71 Å². The zero-order valence-electron chi connectivity index (χ0n) is 16.0. The third-order valence-corrected chi connectivity index (χ3v) is 4.96. The molecule has 0 atom stereocenters. The van der Waals surface area contributed by atoms with E-state index >= 15 is 0 Å². The molecule has 30 heavy (non-hydrogen) atoms. The fourth-order valence-corrected chi connectivity index (χ4v) is 3.61. The molecule has 0 radical (unpaired) electrons. The Morgan fingerprint density at radius 2 is 1.87 bits per heavy atom. The zero-order valence-corrected chi connectivity index (χ0v) is 16.9. The highest BCUT2D eigenvalue weighted by molar-refractivity contribution is 7.92. The van der Waals surface area contributed by atoms with E-state index in [0.717, 1.165) is 6.26 Å². The van der Waals surface area contributed by atoms with Gasteiger partial charge >= 0.3 is 0 Å². The lowest BCUT2D eigenvalue weighted by Gasteiger charge is -2.16. The Hall–Kier alpha value is -3.66. The summed E-state index contributed by atoms with van der Waals surface area (Å²) in [6.07, 6.45) is 5.60. The Labute approximate surface area is 171 Å². The van der Waals surface area contributed by atoms with Crippen LogP contribution in [-0.2, 0) is 17.1 Å². The van der Waals surface area contributed by atoms with Gasteiger partial charge in [-0.3, -0.25) is 13.9 Å². The van der Waals surface area contributed by atoms with E-state index in [0.29, 0.717) is 34.0 Å². The molecule has 2 aromatic carbocycles.